The molecule has 0 heterocycles. The van der Waals surface area contributed by atoms with Gasteiger partial charge in [0.2, 0.25) is 0 Å². The highest BCUT2D eigenvalue weighted by Gasteiger charge is 2.17. The van der Waals surface area contributed by atoms with Crippen LogP contribution in [-0.4, -0.2) is 6.61 Å². The minimum atomic E-state index is -0.480. The highest BCUT2D eigenvalue weighted by atomic mass is 35.5. The minimum Gasteiger partial charge on any atom is -0.490 e. The molecule has 166 valence electrons. The Kier molecular flexibility index (Phi) is 9.21. The molecule has 1 aliphatic carbocycles. The standard InChI is InChI=1S/C28H34ClFO/c1-3-5-6-7-8-9-21-10-12-22(13-11-21)23-14-16-24(17-15-23)25-18-19-26(31-20-4-2)28(30)27(25)29/h6-7,10,14-19,22H,3-5,8-9,11-13,20H2,1-2H3. The number of allylic oxidation sites excluding steroid dienone is 4. The summed E-state index contributed by atoms with van der Waals surface area (Å²) >= 11 is 6.32. The summed E-state index contributed by atoms with van der Waals surface area (Å²) in [5.74, 6) is 0.300. The van der Waals surface area contributed by atoms with Crippen LogP contribution >= 0.6 is 11.6 Å². The molecule has 31 heavy (non-hydrogen) atoms. The van der Waals surface area contributed by atoms with Crippen LogP contribution in [0.1, 0.15) is 76.7 Å². The quantitative estimate of drug-likeness (QED) is 0.334. The van der Waals surface area contributed by atoms with Crippen molar-refractivity contribution in [3.05, 3.63) is 76.6 Å². The molecule has 0 aromatic heterocycles. The van der Waals surface area contributed by atoms with E-state index in [0.717, 1.165) is 24.8 Å². The Labute approximate surface area is 192 Å². The molecule has 1 atom stereocenters. The molecule has 2 aromatic rings. The first-order valence-electron chi connectivity index (χ1n) is 11.7. The second kappa shape index (κ2) is 12.1. The van der Waals surface area contributed by atoms with Crippen LogP contribution in [0.5, 0.6) is 5.75 Å². The molecule has 2 aromatic carbocycles. The Morgan fingerprint density at radius 3 is 2.48 bits per heavy atom. The van der Waals surface area contributed by atoms with Gasteiger partial charge in [0, 0.05) is 5.56 Å². The molecule has 0 saturated carbocycles. The summed E-state index contributed by atoms with van der Waals surface area (Å²) in [4.78, 5) is 0. The fourth-order valence-electron chi connectivity index (χ4n) is 4.10. The molecule has 1 unspecified atom stereocenters. The van der Waals surface area contributed by atoms with Gasteiger partial charge in [-0.3, -0.25) is 0 Å². The summed E-state index contributed by atoms with van der Waals surface area (Å²) in [5, 5.41) is 0.125. The lowest BCUT2D eigenvalue weighted by Crippen LogP contribution is -2.04. The van der Waals surface area contributed by atoms with Crippen LogP contribution in [0.15, 0.2) is 60.2 Å². The number of unbranched alkanes of at least 4 members (excludes halogenated alkanes) is 1. The van der Waals surface area contributed by atoms with Gasteiger partial charge in [0.25, 0.3) is 0 Å². The summed E-state index contributed by atoms with van der Waals surface area (Å²) in [6.45, 7) is 4.69. The molecule has 0 fully saturated rings. The number of hydrogen-bond acceptors (Lipinski definition) is 1. The molecule has 0 saturated heterocycles. The van der Waals surface area contributed by atoms with Crippen molar-refractivity contribution in [3.63, 3.8) is 0 Å². The zero-order chi connectivity index (χ0) is 22.1. The highest BCUT2D eigenvalue weighted by Crippen LogP contribution is 2.37. The second-order valence-electron chi connectivity index (χ2n) is 8.34. The van der Waals surface area contributed by atoms with E-state index < -0.39 is 5.82 Å². The lowest BCUT2D eigenvalue weighted by atomic mass is 9.83. The van der Waals surface area contributed by atoms with Crippen LogP contribution in [-0.2, 0) is 0 Å². The normalized spacial score (nSPS) is 16.5. The minimum absolute atomic E-state index is 0.125. The van der Waals surface area contributed by atoms with E-state index in [1.165, 1.54) is 37.7 Å². The predicted molar refractivity (Wildman–Crippen MR) is 131 cm³/mol. The van der Waals surface area contributed by atoms with Gasteiger partial charge < -0.3 is 4.74 Å². The highest BCUT2D eigenvalue weighted by molar-refractivity contribution is 6.33. The van der Waals surface area contributed by atoms with E-state index >= 15 is 0 Å². The topological polar surface area (TPSA) is 9.23 Å². The third-order valence-electron chi connectivity index (χ3n) is 5.96. The molecule has 0 spiro atoms. The van der Waals surface area contributed by atoms with Gasteiger partial charge in [0.1, 0.15) is 0 Å². The van der Waals surface area contributed by atoms with E-state index in [1.807, 2.05) is 13.0 Å². The summed E-state index contributed by atoms with van der Waals surface area (Å²) in [7, 11) is 0. The van der Waals surface area contributed by atoms with Crippen LogP contribution in [0.4, 0.5) is 4.39 Å². The smallest absolute Gasteiger partial charge is 0.184 e. The number of halogens is 2. The zero-order valence-electron chi connectivity index (χ0n) is 18.8. The van der Waals surface area contributed by atoms with E-state index in [0.29, 0.717) is 18.1 Å². The maximum Gasteiger partial charge on any atom is 0.184 e. The molecule has 1 nitrogen and oxygen atoms in total. The van der Waals surface area contributed by atoms with E-state index in [2.05, 4.69) is 49.4 Å². The van der Waals surface area contributed by atoms with Crippen LogP contribution in [0.2, 0.25) is 5.02 Å². The van der Waals surface area contributed by atoms with E-state index in [1.54, 1.807) is 11.6 Å². The number of hydrogen-bond donors (Lipinski definition) is 0. The predicted octanol–water partition coefficient (Wildman–Crippen LogP) is 9.27. The number of benzene rings is 2. The van der Waals surface area contributed by atoms with E-state index in [-0.39, 0.29) is 10.8 Å². The third kappa shape index (κ3) is 6.46. The van der Waals surface area contributed by atoms with Crippen molar-refractivity contribution < 1.29 is 9.13 Å². The Morgan fingerprint density at radius 1 is 1.03 bits per heavy atom. The first-order valence-corrected chi connectivity index (χ1v) is 12.1. The van der Waals surface area contributed by atoms with Crippen molar-refractivity contribution in [2.75, 3.05) is 6.61 Å². The van der Waals surface area contributed by atoms with Gasteiger partial charge in [-0.25, -0.2) is 4.39 Å². The van der Waals surface area contributed by atoms with Crippen molar-refractivity contribution in [1.82, 2.24) is 0 Å². The lowest BCUT2D eigenvalue weighted by Gasteiger charge is -2.22. The summed E-state index contributed by atoms with van der Waals surface area (Å²) in [6, 6.07) is 12.0. The molecule has 0 radical (unpaired) electrons. The monoisotopic (exact) mass is 440 g/mol. The molecule has 0 amide bonds. The molecule has 1 aliphatic rings. The van der Waals surface area contributed by atoms with Gasteiger partial charge in [-0.1, -0.05) is 79.9 Å². The van der Waals surface area contributed by atoms with E-state index in [4.69, 9.17) is 16.3 Å². The average Bonchev–Trinajstić information content (AvgIpc) is 2.80. The van der Waals surface area contributed by atoms with E-state index in [9.17, 15) is 4.39 Å². The molecule has 0 N–H and O–H groups in total. The van der Waals surface area contributed by atoms with Crippen molar-refractivity contribution in [2.45, 2.75) is 71.1 Å². The van der Waals surface area contributed by atoms with Gasteiger partial charge in [-0.15, -0.1) is 0 Å². The molecular weight excluding hydrogens is 407 g/mol. The molecule has 3 heteroatoms. The Balaban J connectivity index is 1.62. The fourth-order valence-corrected chi connectivity index (χ4v) is 4.37. The van der Waals surface area contributed by atoms with Gasteiger partial charge in [0.15, 0.2) is 11.6 Å². The average molecular weight is 441 g/mol. The van der Waals surface area contributed by atoms with Gasteiger partial charge in [-0.05, 0) is 74.1 Å². The van der Waals surface area contributed by atoms with Crippen LogP contribution in [0, 0.1) is 5.82 Å². The SMILES string of the molecule is CCCC=CCCC1=CCC(c2ccc(-c3ccc(OCCC)c(F)c3Cl)cc2)CC1. The van der Waals surface area contributed by atoms with Crippen molar-refractivity contribution in [1.29, 1.82) is 0 Å². The van der Waals surface area contributed by atoms with Crippen molar-refractivity contribution >= 4 is 11.6 Å². The number of rotatable bonds is 10. The van der Waals surface area contributed by atoms with Crippen molar-refractivity contribution in [3.8, 4) is 16.9 Å². The Bertz CT molecular complexity index is 898. The van der Waals surface area contributed by atoms with Crippen molar-refractivity contribution in [2.24, 2.45) is 0 Å². The number of ether oxygens (including phenoxy) is 1. The molecule has 0 bridgehead atoms. The Morgan fingerprint density at radius 2 is 1.81 bits per heavy atom. The molecule has 0 aliphatic heterocycles. The molecule has 3 rings (SSSR count). The van der Waals surface area contributed by atoms with Crippen LogP contribution in [0.3, 0.4) is 0 Å². The second-order valence-corrected chi connectivity index (χ2v) is 8.72. The largest absolute Gasteiger partial charge is 0.490 e. The van der Waals surface area contributed by atoms with Crippen LogP contribution in [0.25, 0.3) is 11.1 Å². The summed E-state index contributed by atoms with van der Waals surface area (Å²) in [5.41, 5.74) is 4.58. The zero-order valence-corrected chi connectivity index (χ0v) is 19.6. The first-order chi connectivity index (χ1) is 15.1. The fraction of sp³-hybridized carbons (Fsp3) is 0.429. The van der Waals surface area contributed by atoms with Gasteiger partial charge in [-0.2, -0.15) is 0 Å². The summed E-state index contributed by atoms with van der Waals surface area (Å²) in [6.07, 6.45) is 16.1. The Hall–Kier alpha value is -2.06. The summed E-state index contributed by atoms with van der Waals surface area (Å²) < 4.78 is 20.0. The van der Waals surface area contributed by atoms with Gasteiger partial charge in [0.05, 0.1) is 11.6 Å². The van der Waals surface area contributed by atoms with Gasteiger partial charge >= 0.3 is 0 Å². The van der Waals surface area contributed by atoms with Crippen LogP contribution < -0.4 is 4.74 Å². The first kappa shape index (κ1) is 23.6. The lowest BCUT2D eigenvalue weighted by molar-refractivity contribution is 0.301. The maximum atomic E-state index is 14.6. The maximum absolute atomic E-state index is 14.6. The third-order valence-corrected chi connectivity index (χ3v) is 6.33. The molecular formula is C28H34ClFO.